The predicted octanol–water partition coefficient (Wildman–Crippen LogP) is 6.31. The van der Waals surface area contributed by atoms with Crippen molar-refractivity contribution in [3.05, 3.63) is 0 Å². The number of carbonyl (C=O) groups is 1. The molecule has 0 fully saturated rings. The van der Waals surface area contributed by atoms with Crippen LogP contribution >= 0.6 is 0 Å². The molecule has 0 saturated carbocycles. The smallest absolute Gasteiger partial charge is 0.305 e. The Labute approximate surface area is 185 Å². The Hall–Kier alpha value is -1.10. The van der Waals surface area contributed by atoms with Crippen LogP contribution in [0.15, 0.2) is 4.99 Å². The minimum absolute atomic E-state index is 0.0827. The summed E-state index contributed by atoms with van der Waals surface area (Å²) in [6, 6.07) is 0. The highest BCUT2D eigenvalue weighted by atomic mass is 16.5. The van der Waals surface area contributed by atoms with E-state index < -0.39 is 5.97 Å². The van der Waals surface area contributed by atoms with Crippen molar-refractivity contribution in [2.24, 2.45) is 10.9 Å². The van der Waals surface area contributed by atoms with Gasteiger partial charge < -0.3 is 14.7 Å². The molecule has 0 aromatic rings. The van der Waals surface area contributed by atoms with Crippen LogP contribution in [0, 0.1) is 5.92 Å². The summed E-state index contributed by atoms with van der Waals surface area (Å²) in [7, 11) is 0. The van der Waals surface area contributed by atoms with Crippen molar-refractivity contribution in [3.63, 3.8) is 0 Å². The van der Waals surface area contributed by atoms with E-state index in [1.807, 2.05) is 0 Å². The first-order valence-corrected chi connectivity index (χ1v) is 12.7. The highest BCUT2D eigenvalue weighted by molar-refractivity contribution is 5.83. The molecule has 176 valence electrons. The average molecular weight is 425 g/mol. The molecule has 0 atom stereocenters. The second-order valence-corrected chi connectivity index (χ2v) is 9.22. The first-order chi connectivity index (χ1) is 14.6. The molecule has 0 unspecified atom stereocenters. The maximum Gasteiger partial charge on any atom is 0.305 e. The summed E-state index contributed by atoms with van der Waals surface area (Å²) < 4.78 is 5.41. The number of ether oxygens (including phenoxy) is 1. The monoisotopic (exact) mass is 424 g/mol. The predicted molar refractivity (Wildman–Crippen MR) is 126 cm³/mol. The lowest BCUT2D eigenvalue weighted by Gasteiger charge is -2.20. The third-order valence-electron chi connectivity index (χ3n) is 5.93. The van der Waals surface area contributed by atoms with Gasteiger partial charge in [-0.2, -0.15) is 0 Å². The SMILES string of the molecule is CC(C)CCCCCCCCCCCCCCC1=NCCN1CCOCCC(=O)O. The third-order valence-corrected chi connectivity index (χ3v) is 5.93. The molecule has 5 nitrogen and oxygen atoms in total. The van der Waals surface area contributed by atoms with E-state index in [4.69, 9.17) is 9.84 Å². The Bertz CT molecular complexity index is 452. The summed E-state index contributed by atoms with van der Waals surface area (Å²) in [5.74, 6) is 1.29. The van der Waals surface area contributed by atoms with Crippen LogP contribution in [0.5, 0.6) is 0 Å². The number of aliphatic imine (C=N–C) groups is 1. The lowest BCUT2D eigenvalue weighted by molar-refractivity contribution is -0.138. The van der Waals surface area contributed by atoms with E-state index >= 15 is 0 Å². The van der Waals surface area contributed by atoms with Gasteiger partial charge in [-0.3, -0.25) is 9.79 Å². The molecule has 0 bridgehead atoms. The van der Waals surface area contributed by atoms with Gasteiger partial charge in [0.25, 0.3) is 0 Å². The molecule has 1 rings (SSSR count). The zero-order valence-corrected chi connectivity index (χ0v) is 19.9. The maximum atomic E-state index is 10.5. The summed E-state index contributed by atoms with van der Waals surface area (Å²) in [5, 5.41) is 8.62. The minimum Gasteiger partial charge on any atom is -0.481 e. The van der Waals surface area contributed by atoms with Crippen LogP contribution in [0.4, 0.5) is 0 Å². The number of rotatable bonds is 21. The number of hydrogen-bond donors (Lipinski definition) is 1. The van der Waals surface area contributed by atoms with Gasteiger partial charge in [0.1, 0.15) is 0 Å². The van der Waals surface area contributed by atoms with Crippen molar-refractivity contribution in [1.82, 2.24) is 4.90 Å². The molecule has 0 amide bonds. The van der Waals surface area contributed by atoms with Gasteiger partial charge in [0.15, 0.2) is 0 Å². The highest BCUT2D eigenvalue weighted by Crippen LogP contribution is 2.15. The molecule has 30 heavy (non-hydrogen) atoms. The summed E-state index contributed by atoms with van der Waals surface area (Å²) in [6.07, 6.45) is 19.2. The first-order valence-electron chi connectivity index (χ1n) is 12.7. The van der Waals surface area contributed by atoms with Crippen LogP contribution in [0.25, 0.3) is 0 Å². The fourth-order valence-corrected chi connectivity index (χ4v) is 4.05. The van der Waals surface area contributed by atoms with Gasteiger partial charge in [-0.1, -0.05) is 90.9 Å². The summed E-state index contributed by atoms with van der Waals surface area (Å²) in [5.41, 5.74) is 0. The Morgan fingerprint density at radius 3 is 2.07 bits per heavy atom. The van der Waals surface area contributed by atoms with Crippen LogP contribution in [0.1, 0.15) is 110 Å². The van der Waals surface area contributed by atoms with Crippen molar-refractivity contribution < 1.29 is 14.6 Å². The summed E-state index contributed by atoms with van der Waals surface area (Å²) in [4.78, 5) is 17.4. The fraction of sp³-hybridized carbons (Fsp3) is 0.920. The van der Waals surface area contributed by atoms with Crippen LogP contribution in [-0.2, 0) is 9.53 Å². The Balaban J connectivity index is 1.85. The molecular weight excluding hydrogens is 376 g/mol. The highest BCUT2D eigenvalue weighted by Gasteiger charge is 2.15. The quantitative estimate of drug-likeness (QED) is 0.219. The number of carboxylic acids is 1. The van der Waals surface area contributed by atoms with E-state index in [-0.39, 0.29) is 6.42 Å². The van der Waals surface area contributed by atoms with Gasteiger partial charge in [-0.25, -0.2) is 0 Å². The van der Waals surface area contributed by atoms with Gasteiger partial charge in [-0.05, 0) is 12.3 Å². The number of hydrogen-bond acceptors (Lipinski definition) is 4. The fourth-order valence-electron chi connectivity index (χ4n) is 4.05. The molecule has 0 radical (unpaired) electrons. The van der Waals surface area contributed by atoms with E-state index in [0.29, 0.717) is 13.2 Å². The van der Waals surface area contributed by atoms with Crippen molar-refractivity contribution in [2.45, 2.75) is 110 Å². The van der Waals surface area contributed by atoms with E-state index in [2.05, 4.69) is 23.7 Å². The Morgan fingerprint density at radius 2 is 1.50 bits per heavy atom. The lowest BCUT2D eigenvalue weighted by Crippen LogP contribution is -2.31. The van der Waals surface area contributed by atoms with E-state index in [1.54, 1.807) is 0 Å². The summed E-state index contributed by atoms with van der Waals surface area (Å²) in [6.45, 7) is 8.23. The molecule has 1 N–H and O–H groups in total. The van der Waals surface area contributed by atoms with Gasteiger partial charge >= 0.3 is 5.97 Å². The van der Waals surface area contributed by atoms with Crippen molar-refractivity contribution in [1.29, 1.82) is 0 Å². The third kappa shape index (κ3) is 15.7. The number of nitrogens with zero attached hydrogens (tertiary/aromatic N) is 2. The summed E-state index contributed by atoms with van der Waals surface area (Å²) >= 11 is 0. The van der Waals surface area contributed by atoms with Crippen LogP contribution < -0.4 is 0 Å². The molecule has 0 aliphatic carbocycles. The van der Waals surface area contributed by atoms with Crippen molar-refractivity contribution in [3.8, 4) is 0 Å². The van der Waals surface area contributed by atoms with Crippen molar-refractivity contribution in [2.75, 3.05) is 32.8 Å². The largest absolute Gasteiger partial charge is 0.481 e. The molecular formula is C25H48N2O3. The zero-order chi connectivity index (χ0) is 21.9. The zero-order valence-electron chi connectivity index (χ0n) is 19.9. The molecule has 0 aromatic heterocycles. The molecule has 0 aromatic carbocycles. The topological polar surface area (TPSA) is 62.1 Å². The second kappa shape index (κ2) is 18.7. The molecule has 0 spiro atoms. The van der Waals surface area contributed by atoms with E-state index in [0.717, 1.165) is 32.0 Å². The number of carboxylic acid groups (broad SMARTS) is 1. The number of unbranched alkanes of at least 4 members (excludes halogenated alkanes) is 11. The van der Waals surface area contributed by atoms with Gasteiger partial charge in [-0.15, -0.1) is 0 Å². The van der Waals surface area contributed by atoms with Crippen molar-refractivity contribution >= 4 is 11.8 Å². The van der Waals surface area contributed by atoms with E-state index in [9.17, 15) is 4.79 Å². The number of amidine groups is 1. The minimum atomic E-state index is -0.800. The standard InChI is InChI=1S/C25H48N2O3/c1-23(2)15-13-11-9-7-5-3-4-6-8-10-12-14-16-24-26-18-19-27(24)20-22-30-21-17-25(28)29/h23H,3-22H2,1-2H3,(H,28,29). The van der Waals surface area contributed by atoms with Gasteiger partial charge in [0, 0.05) is 19.5 Å². The van der Waals surface area contributed by atoms with E-state index in [1.165, 1.54) is 89.3 Å². The van der Waals surface area contributed by atoms with Crippen LogP contribution in [0.2, 0.25) is 0 Å². The van der Waals surface area contributed by atoms with Crippen LogP contribution in [-0.4, -0.2) is 54.7 Å². The second-order valence-electron chi connectivity index (χ2n) is 9.22. The molecule has 1 aliphatic rings. The van der Waals surface area contributed by atoms with Gasteiger partial charge in [0.2, 0.25) is 0 Å². The normalized spacial score (nSPS) is 14.0. The van der Waals surface area contributed by atoms with Gasteiger partial charge in [0.05, 0.1) is 32.0 Å². The molecule has 1 heterocycles. The maximum absolute atomic E-state index is 10.5. The molecule has 0 saturated heterocycles. The molecule has 5 heteroatoms. The molecule has 1 aliphatic heterocycles. The first kappa shape index (κ1) is 26.9. The number of aliphatic carboxylic acids is 1. The van der Waals surface area contributed by atoms with Crippen LogP contribution in [0.3, 0.4) is 0 Å². The average Bonchev–Trinajstić information content (AvgIpc) is 3.14. The Morgan fingerprint density at radius 1 is 0.933 bits per heavy atom. The lowest BCUT2D eigenvalue weighted by atomic mass is 10.0. The Kier molecular flexibility index (Phi) is 16.7.